The van der Waals surface area contributed by atoms with Crippen LogP contribution in [-0.2, 0) is 9.59 Å². The lowest BCUT2D eigenvalue weighted by molar-refractivity contribution is -0.137. The van der Waals surface area contributed by atoms with Crippen molar-refractivity contribution in [3.63, 3.8) is 0 Å². The Morgan fingerprint density at radius 2 is 1.04 bits per heavy atom. The second kappa shape index (κ2) is 34.0. The quantitative estimate of drug-likeness (QED) is 0.0268. The highest BCUT2D eigenvalue weighted by Crippen LogP contribution is 2.15. The smallest absolute Gasteiger partial charge is 0.245 e. The lowest BCUT2D eigenvalue weighted by Gasteiger charge is -2.28. The molecule has 0 spiro atoms. The molecule has 0 aromatic carbocycles. The van der Waals surface area contributed by atoms with Gasteiger partial charge >= 0.3 is 0 Å². The van der Waals surface area contributed by atoms with Crippen LogP contribution in [0.25, 0.3) is 0 Å². The van der Waals surface area contributed by atoms with Gasteiger partial charge in [0.05, 0.1) is 0 Å². The molecule has 0 heterocycles. The highest BCUT2D eigenvalue weighted by Gasteiger charge is 2.26. The molecule has 278 valence electrons. The molecule has 0 unspecified atom stereocenters. The average Bonchev–Trinajstić information content (AvgIpc) is 3.04. The van der Waals surface area contributed by atoms with Gasteiger partial charge in [0.15, 0.2) is 5.96 Å². The summed E-state index contributed by atoms with van der Waals surface area (Å²) in [4.78, 5) is 32.9. The fourth-order valence-electron chi connectivity index (χ4n) is 6.19. The summed E-state index contributed by atoms with van der Waals surface area (Å²) in [5, 5.41) is 3.04. The standard InChI is InChI=1S/C38H79N7O2/c1-3-5-7-9-11-13-15-16-18-20-22-26-32-45(31-25-21-19-17-14-12-10-8-6-4-2)37(47)35(27-23-24-29-39)44-36(46)33-34(40)28-30-43-38(41)42/h34-35H,3-33,39-40H2,1-2H3,(H,44,46)(H4,41,42,43)/t34-,35-/m0/s1. The molecule has 0 aliphatic carbocycles. The van der Waals surface area contributed by atoms with E-state index in [4.69, 9.17) is 22.9 Å². The maximum atomic E-state index is 13.9. The van der Waals surface area contributed by atoms with Crippen LogP contribution in [0.2, 0.25) is 0 Å². The lowest BCUT2D eigenvalue weighted by atomic mass is 10.0. The molecular weight excluding hydrogens is 586 g/mol. The van der Waals surface area contributed by atoms with Crippen LogP contribution in [-0.4, -0.2) is 60.9 Å². The molecule has 2 amide bonds. The van der Waals surface area contributed by atoms with Crippen molar-refractivity contribution < 1.29 is 9.59 Å². The van der Waals surface area contributed by atoms with Crippen LogP contribution >= 0.6 is 0 Å². The number of nitrogens with zero attached hydrogens (tertiary/aromatic N) is 2. The number of aliphatic imine (C=N–C) groups is 1. The first-order valence-corrected chi connectivity index (χ1v) is 19.9. The third-order valence-electron chi connectivity index (χ3n) is 9.20. The number of nitrogens with two attached hydrogens (primary N) is 4. The molecule has 2 atom stereocenters. The van der Waals surface area contributed by atoms with Gasteiger partial charge < -0.3 is 33.2 Å². The van der Waals surface area contributed by atoms with Crippen LogP contribution in [0.5, 0.6) is 0 Å². The summed E-state index contributed by atoms with van der Waals surface area (Å²) in [7, 11) is 0. The molecule has 0 saturated carbocycles. The zero-order valence-corrected chi connectivity index (χ0v) is 31.1. The Kier molecular flexibility index (Phi) is 32.7. The number of hydrogen-bond donors (Lipinski definition) is 5. The van der Waals surface area contributed by atoms with Gasteiger partial charge in [-0.15, -0.1) is 0 Å². The zero-order chi connectivity index (χ0) is 34.8. The van der Waals surface area contributed by atoms with Crippen LogP contribution < -0.4 is 28.3 Å². The molecule has 0 rings (SSSR count). The van der Waals surface area contributed by atoms with Crippen molar-refractivity contribution in [3.05, 3.63) is 0 Å². The summed E-state index contributed by atoms with van der Waals surface area (Å²) in [6.45, 7) is 7.00. The third kappa shape index (κ3) is 30.0. The SMILES string of the molecule is CCCCCCCCCCCCCCN(CCCCCCCCCCCC)C(=O)[C@H](CCCCN)NC(=O)C[C@@H](N)CCN=C(N)N. The summed E-state index contributed by atoms with van der Waals surface area (Å²) in [6, 6.07) is -0.916. The second-order valence-electron chi connectivity index (χ2n) is 13.9. The largest absolute Gasteiger partial charge is 0.370 e. The van der Waals surface area contributed by atoms with E-state index in [1.165, 1.54) is 116 Å². The van der Waals surface area contributed by atoms with Gasteiger partial charge in [-0.3, -0.25) is 14.6 Å². The zero-order valence-electron chi connectivity index (χ0n) is 31.1. The molecule has 0 saturated heterocycles. The van der Waals surface area contributed by atoms with Crippen molar-refractivity contribution in [2.75, 3.05) is 26.2 Å². The molecule has 0 bridgehead atoms. The minimum Gasteiger partial charge on any atom is -0.370 e. The fourth-order valence-corrected chi connectivity index (χ4v) is 6.19. The number of amides is 2. The number of hydrogen-bond acceptors (Lipinski definition) is 5. The van der Waals surface area contributed by atoms with Gasteiger partial charge in [0, 0.05) is 32.1 Å². The first-order valence-electron chi connectivity index (χ1n) is 19.9. The Morgan fingerprint density at radius 3 is 1.45 bits per heavy atom. The second-order valence-corrected chi connectivity index (χ2v) is 13.9. The number of carbonyl (C=O) groups is 2. The van der Waals surface area contributed by atoms with Gasteiger partial charge in [-0.2, -0.15) is 0 Å². The van der Waals surface area contributed by atoms with Gasteiger partial charge in [-0.25, -0.2) is 0 Å². The van der Waals surface area contributed by atoms with Crippen molar-refractivity contribution in [2.24, 2.45) is 27.9 Å². The summed E-state index contributed by atoms with van der Waals surface area (Å²) in [5.74, 6) is -0.135. The molecule has 0 aliphatic heterocycles. The van der Waals surface area contributed by atoms with Crippen LogP contribution in [0.15, 0.2) is 4.99 Å². The van der Waals surface area contributed by atoms with E-state index in [9.17, 15) is 9.59 Å². The maximum absolute atomic E-state index is 13.9. The minimum atomic E-state index is -0.542. The Morgan fingerprint density at radius 1 is 0.617 bits per heavy atom. The lowest BCUT2D eigenvalue weighted by Crippen LogP contribution is -2.50. The predicted molar refractivity (Wildman–Crippen MR) is 202 cm³/mol. The Bertz CT molecular complexity index is 746. The number of unbranched alkanes of at least 4 members (excludes halogenated alkanes) is 21. The van der Waals surface area contributed by atoms with Crippen molar-refractivity contribution in [2.45, 2.75) is 199 Å². The molecule has 0 aromatic heterocycles. The van der Waals surface area contributed by atoms with Gasteiger partial charge in [0.1, 0.15) is 6.04 Å². The van der Waals surface area contributed by atoms with E-state index in [0.29, 0.717) is 25.9 Å². The Labute approximate surface area is 290 Å². The molecule has 0 radical (unpaired) electrons. The molecule has 9 N–H and O–H groups in total. The molecule has 0 aromatic rings. The van der Waals surface area contributed by atoms with Gasteiger partial charge in [0.25, 0.3) is 0 Å². The Balaban J connectivity index is 4.94. The first kappa shape index (κ1) is 45.1. The van der Waals surface area contributed by atoms with Crippen molar-refractivity contribution >= 4 is 17.8 Å². The van der Waals surface area contributed by atoms with E-state index in [0.717, 1.165) is 51.6 Å². The van der Waals surface area contributed by atoms with Crippen LogP contribution in [0.1, 0.15) is 187 Å². The van der Waals surface area contributed by atoms with E-state index in [-0.39, 0.29) is 30.2 Å². The molecule has 9 heteroatoms. The molecule has 0 fully saturated rings. The van der Waals surface area contributed by atoms with Crippen LogP contribution in [0.3, 0.4) is 0 Å². The predicted octanol–water partition coefficient (Wildman–Crippen LogP) is 7.43. The summed E-state index contributed by atoms with van der Waals surface area (Å²) < 4.78 is 0. The summed E-state index contributed by atoms with van der Waals surface area (Å²) in [6.07, 6.45) is 31.1. The highest BCUT2D eigenvalue weighted by atomic mass is 16.2. The normalized spacial score (nSPS) is 12.5. The van der Waals surface area contributed by atoms with E-state index >= 15 is 0 Å². The van der Waals surface area contributed by atoms with Gasteiger partial charge in [0.2, 0.25) is 11.8 Å². The van der Waals surface area contributed by atoms with Crippen molar-refractivity contribution in [1.82, 2.24) is 10.2 Å². The van der Waals surface area contributed by atoms with E-state index in [1.807, 2.05) is 4.90 Å². The number of carbonyl (C=O) groups excluding carboxylic acids is 2. The monoisotopic (exact) mass is 666 g/mol. The number of nitrogens with one attached hydrogen (secondary N) is 1. The van der Waals surface area contributed by atoms with Crippen molar-refractivity contribution in [3.8, 4) is 0 Å². The van der Waals surface area contributed by atoms with E-state index < -0.39 is 6.04 Å². The first-order chi connectivity index (χ1) is 22.8. The maximum Gasteiger partial charge on any atom is 0.245 e. The van der Waals surface area contributed by atoms with E-state index in [2.05, 4.69) is 24.2 Å². The van der Waals surface area contributed by atoms with E-state index in [1.54, 1.807) is 0 Å². The highest BCUT2D eigenvalue weighted by molar-refractivity contribution is 5.87. The average molecular weight is 666 g/mol. The van der Waals surface area contributed by atoms with Gasteiger partial charge in [-0.1, -0.05) is 142 Å². The molecule has 0 aliphatic rings. The number of guanidine groups is 1. The molecule has 9 nitrogen and oxygen atoms in total. The van der Waals surface area contributed by atoms with Crippen LogP contribution in [0, 0.1) is 0 Å². The van der Waals surface area contributed by atoms with Gasteiger partial charge in [-0.05, 0) is 45.1 Å². The summed E-state index contributed by atoms with van der Waals surface area (Å²) in [5.41, 5.74) is 22.7. The molecular formula is C38H79N7O2. The third-order valence-corrected chi connectivity index (χ3v) is 9.20. The van der Waals surface area contributed by atoms with Crippen molar-refractivity contribution in [1.29, 1.82) is 0 Å². The van der Waals surface area contributed by atoms with Crippen LogP contribution in [0.4, 0.5) is 0 Å². The minimum absolute atomic E-state index is 0.0166. The number of rotatable bonds is 35. The Hall–Kier alpha value is -1.87. The molecule has 47 heavy (non-hydrogen) atoms. The fraction of sp³-hybridized carbons (Fsp3) is 0.921. The summed E-state index contributed by atoms with van der Waals surface area (Å²) >= 11 is 0. The topological polar surface area (TPSA) is 166 Å².